The lowest BCUT2D eigenvalue weighted by Crippen LogP contribution is -2.55. The highest BCUT2D eigenvalue weighted by atomic mass is 32.1. The SMILES string of the molecule is NC(N)=NCCC[C@H](NC(=O)[C@H](Cc1ccccc1)NC(=O)[C@@H](N)CS)C(=O)O. The van der Waals surface area contributed by atoms with Crippen molar-refractivity contribution in [2.24, 2.45) is 22.2 Å². The molecule has 11 heteroatoms. The first-order chi connectivity index (χ1) is 13.7. The van der Waals surface area contributed by atoms with Crippen molar-refractivity contribution < 1.29 is 19.5 Å². The number of aliphatic carboxylic acids is 1. The highest BCUT2D eigenvalue weighted by Gasteiger charge is 2.27. The Kier molecular flexibility index (Phi) is 10.6. The van der Waals surface area contributed by atoms with E-state index in [1.807, 2.05) is 6.07 Å². The van der Waals surface area contributed by atoms with Crippen molar-refractivity contribution in [1.82, 2.24) is 10.6 Å². The van der Waals surface area contributed by atoms with Gasteiger partial charge < -0.3 is 32.9 Å². The Labute approximate surface area is 174 Å². The number of rotatable bonds is 12. The lowest BCUT2D eigenvalue weighted by molar-refractivity contribution is -0.142. The number of hydrogen-bond acceptors (Lipinski definition) is 6. The van der Waals surface area contributed by atoms with Crippen LogP contribution in [0, 0.1) is 0 Å². The molecule has 2 amide bonds. The van der Waals surface area contributed by atoms with Gasteiger partial charge in [0.1, 0.15) is 12.1 Å². The molecule has 1 rings (SSSR count). The number of carbonyl (C=O) groups is 3. The summed E-state index contributed by atoms with van der Waals surface area (Å²) in [4.78, 5) is 40.2. The third-order valence-electron chi connectivity index (χ3n) is 4.01. The van der Waals surface area contributed by atoms with Crippen LogP contribution in [0.1, 0.15) is 18.4 Å². The Morgan fingerprint density at radius 2 is 1.69 bits per heavy atom. The Balaban J connectivity index is 2.85. The summed E-state index contributed by atoms with van der Waals surface area (Å²) in [6, 6.07) is 6.00. The number of carboxylic acids is 1. The van der Waals surface area contributed by atoms with E-state index in [-0.39, 0.29) is 31.1 Å². The molecule has 0 radical (unpaired) electrons. The molecule has 0 saturated heterocycles. The number of carboxylic acid groups (broad SMARTS) is 1. The number of amides is 2. The maximum atomic E-state index is 12.7. The van der Waals surface area contributed by atoms with E-state index < -0.39 is 35.9 Å². The van der Waals surface area contributed by atoms with E-state index in [9.17, 15) is 19.5 Å². The molecule has 0 aliphatic carbocycles. The maximum absolute atomic E-state index is 12.7. The molecule has 0 aliphatic rings. The number of thiol groups is 1. The van der Waals surface area contributed by atoms with Crippen LogP contribution in [-0.2, 0) is 20.8 Å². The molecule has 0 fully saturated rings. The Bertz CT molecular complexity index is 712. The smallest absolute Gasteiger partial charge is 0.326 e. The van der Waals surface area contributed by atoms with Gasteiger partial charge in [-0.1, -0.05) is 30.3 Å². The summed E-state index contributed by atoms with van der Waals surface area (Å²) >= 11 is 3.98. The number of nitrogens with zero attached hydrogens (tertiary/aromatic N) is 1. The summed E-state index contributed by atoms with van der Waals surface area (Å²) in [7, 11) is 0. The molecular weight excluding hydrogens is 396 g/mol. The number of nitrogens with two attached hydrogens (primary N) is 3. The van der Waals surface area contributed by atoms with Gasteiger partial charge in [0.05, 0.1) is 6.04 Å². The highest BCUT2D eigenvalue weighted by Crippen LogP contribution is 2.06. The number of hydrogen-bond donors (Lipinski definition) is 7. The van der Waals surface area contributed by atoms with Gasteiger partial charge >= 0.3 is 5.97 Å². The summed E-state index contributed by atoms with van der Waals surface area (Å²) in [5, 5.41) is 14.4. The second-order valence-electron chi connectivity index (χ2n) is 6.39. The van der Waals surface area contributed by atoms with E-state index in [0.29, 0.717) is 6.42 Å². The summed E-state index contributed by atoms with van der Waals surface area (Å²) in [6.45, 7) is 0.239. The molecule has 3 atom stereocenters. The van der Waals surface area contributed by atoms with Crippen LogP contribution in [0.2, 0.25) is 0 Å². The first-order valence-corrected chi connectivity index (χ1v) is 9.67. The minimum absolute atomic E-state index is 0.0907. The van der Waals surface area contributed by atoms with Gasteiger partial charge in [0, 0.05) is 18.7 Å². The van der Waals surface area contributed by atoms with Crippen LogP contribution in [0.5, 0.6) is 0 Å². The average Bonchev–Trinajstić information content (AvgIpc) is 2.69. The van der Waals surface area contributed by atoms with Crippen molar-refractivity contribution in [3.8, 4) is 0 Å². The Morgan fingerprint density at radius 3 is 2.24 bits per heavy atom. The summed E-state index contributed by atoms with van der Waals surface area (Å²) in [6.07, 6.45) is 0.660. The van der Waals surface area contributed by atoms with Gasteiger partial charge in [0.25, 0.3) is 0 Å². The van der Waals surface area contributed by atoms with E-state index in [0.717, 1.165) is 5.56 Å². The quantitative estimate of drug-likeness (QED) is 0.0929. The largest absolute Gasteiger partial charge is 0.480 e. The standard InChI is InChI=1S/C18H28N6O4S/c19-12(10-29)15(25)24-14(9-11-5-2-1-3-6-11)16(26)23-13(17(27)28)7-4-8-22-18(20)21/h1-3,5-6,12-14,29H,4,7-10,19H2,(H,23,26)(H,24,25)(H,27,28)(H4,20,21,22)/t12-,13-,14-/m0/s1. The van der Waals surface area contributed by atoms with E-state index in [1.165, 1.54) is 0 Å². The molecule has 10 nitrogen and oxygen atoms in total. The fourth-order valence-corrected chi connectivity index (χ4v) is 2.62. The monoisotopic (exact) mass is 424 g/mol. The fourth-order valence-electron chi connectivity index (χ4n) is 2.45. The van der Waals surface area contributed by atoms with Crippen molar-refractivity contribution in [3.63, 3.8) is 0 Å². The van der Waals surface area contributed by atoms with Crippen molar-refractivity contribution in [3.05, 3.63) is 35.9 Å². The van der Waals surface area contributed by atoms with Gasteiger partial charge in [-0.2, -0.15) is 12.6 Å². The van der Waals surface area contributed by atoms with Gasteiger partial charge in [-0.3, -0.25) is 14.6 Å². The summed E-state index contributed by atoms with van der Waals surface area (Å²) in [5.41, 5.74) is 16.9. The first-order valence-electron chi connectivity index (χ1n) is 9.04. The van der Waals surface area contributed by atoms with Gasteiger partial charge in [0.2, 0.25) is 11.8 Å². The molecule has 9 N–H and O–H groups in total. The maximum Gasteiger partial charge on any atom is 0.326 e. The number of carbonyl (C=O) groups excluding carboxylic acids is 2. The zero-order valence-corrected chi connectivity index (χ0v) is 16.8. The fraction of sp³-hybridized carbons (Fsp3) is 0.444. The molecule has 0 unspecified atom stereocenters. The van der Waals surface area contributed by atoms with Crippen LogP contribution in [0.4, 0.5) is 0 Å². The molecule has 0 aromatic heterocycles. The van der Waals surface area contributed by atoms with Gasteiger partial charge in [-0.25, -0.2) is 4.79 Å². The predicted molar refractivity (Wildman–Crippen MR) is 113 cm³/mol. The van der Waals surface area contributed by atoms with Crippen LogP contribution < -0.4 is 27.8 Å². The van der Waals surface area contributed by atoms with E-state index in [2.05, 4.69) is 28.3 Å². The van der Waals surface area contributed by atoms with E-state index in [4.69, 9.17) is 17.2 Å². The molecular formula is C18H28N6O4S. The number of nitrogens with one attached hydrogen (secondary N) is 2. The minimum atomic E-state index is -1.19. The highest BCUT2D eigenvalue weighted by molar-refractivity contribution is 7.80. The molecule has 1 aromatic rings. The molecule has 0 bridgehead atoms. The second kappa shape index (κ2) is 12.6. The lowest BCUT2D eigenvalue weighted by Gasteiger charge is -2.22. The van der Waals surface area contributed by atoms with Crippen molar-refractivity contribution in [1.29, 1.82) is 0 Å². The van der Waals surface area contributed by atoms with Crippen molar-refractivity contribution >= 4 is 36.4 Å². The van der Waals surface area contributed by atoms with Crippen LogP contribution in [0.3, 0.4) is 0 Å². The second-order valence-corrected chi connectivity index (χ2v) is 6.75. The molecule has 0 aliphatic heterocycles. The zero-order chi connectivity index (χ0) is 21.8. The summed E-state index contributed by atoms with van der Waals surface area (Å²) in [5.74, 6) is -2.35. The lowest BCUT2D eigenvalue weighted by atomic mass is 10.0. The third-order valence-corrected chi connectivity index (χ3v) is 4.40. The van der Waals surface area contributed by atoms with Crippen molar-refractivity contribution in [2.45, 2.75) is 37.4 Å². The molecule has 1 aromatic carbocycles. The third kappa shape index (κ3) is 9.30. The van der Waals surface area contributed by atoms with E-state index >= 15 is 0 Å². The van der Waals surface area contributed by atoms with Gasteiger partial charge in [-0.05, 0) is 18.4 Å². The normalized spacial score (nSPS) is 13.6. The van der Waals surface area contributed by atoms with Crippen molar-refractivity contribution in [2.75, 3.05) is 12.3 Å². The summed E-state index contributed by atoms with van der Waals surface area (Å²) < 4.78 is 0. The van der Waals surface area contributed by atoms with E-state index in [1.54, 1.807) is 24.3 Å². The number of guanidine groups is 1. The first kappa shape index (κ1) is 24.2. The van der Waals surface area contributed by atoms with Crippen LogP contribution in [0.15, 0.2) is 35.3 Å². The average molecular weight is 425 g/mol. The topological polar surface area (TPSA) is 186 Å². The van der Waals surface area contributed by atoms with Gasteiger partial charge in [0.15, 0.2) is 5.96 Å². The van der Waals surface area contributed by atoms with Crippen LogP contribution in [0.25, 0.3) is 0 Å². The van der Waals surface area contributed by atoms with Gasteiger partial charge in [-0.15, -0.1) is 0 Å². The predicted octanol–water partition coefficient (Wildman–Crippen LogP) is -1.41. The Hall–Kier alpha value is -2.79. The molecule has 0 heterocycles. The molecule has 0 spiro atoms. The molecule has 0 saturated carbocycles. The van der Waals surface area contributed by atoms with Crippen LogP contribution >= 0.6 is 12.6 Å². The zero-order valence-electron chi connectivity index (χ0n) is 16.0. The Morgan fingerprint density at radius 1 is 1.07 bits per heavy atom. The number of aliphatic imine (C=N–C) groups is 1. The minimum Gasteiger partial charge on any atom is -0.480 e. The molecule has 29 heavy (non-hydrogen) atoms. The number of benzene rings is 1. The molecule has 160 valence electrons. The van der Waals surface area contributed by atoms with Crippen LogP contribution in [-0.4, -0.2) is 59.3 Å².